The van der Waals surface area contributed by atoms with Crippen LogP contribution in [-0.2, 0) is 4.74 Å². The van der Waals surface area contributed by atoms with Crippen LogP contribution in [-0.4, -0.2) is 25.8 Å². The van der Waals surface area contributed by atoms with Crippen molar-refractivity contribution in [1.82, 2.24) is 5.32 Å². The Kier molecular flexibility index (Phi) is 4.25. The number of terminal acetylenes is 1. The van der Waals surface area contributed by atoms with Gasteiger partial charge in [-0.25, -0.2) is 0 Å². The van der Waals surface area contributed by atoms with Crippen LogP contribution < -0.4 is 5.32 Å². The van der Waals surface area contributed by atoms with Gasteiger partial charge in [-0.2, -0.15) is 0 Å². The molecule has 0 amide bonds. The third kappa shape index (κ3) is 2.42. The second kappa shape index (κ2) is 5.02. The fourth-order valence-electron chi connectivity index (χ4n) is 2.56. The highest BCUT2D eigenvalue weighted by atomic mass is 35.5. The first kappa shape index (κ1) is 11.8. The minimum absolute atomic E-state index is 0. The predicted octanol–water partition coefficient (Wildman–Crippen LogP) is 1.59. The molecule has 0 radical (unpaired) electrons. The number of piperidine rings is 1. The summed E-state index contributed by atoms with van der Waals surface area (Å²) in [5.41, 5.74) is 0.616. The maximum Gasteiger partial charge on any atom is 0.107 e. The molecule has 0 aromatic heterocycles. The molecule has 80 valence electrons. The van der Waals surface area contributed by atoms with E-state index in [4.69, 9.17) is 11.2 Å². The van der Waals surface area contributed by atoms with Crippen LogP contribution in [0, 0.1) is 17.8 Å². The zero-order valence-corrected chi connectivity index (χ0v) is 9.24. The molecule has 2 aliphatic rings. The van der Waals surface area contributed by atoms with E-state index in [9.17, 15) is 0 Å². The van der Waals surface area contributed by atoms with Gasteiger partial charge in [-0.05, 0) is 44.2 Å². The molecule has 1 spiro atoms. The summed E-state index contributed by atoms with van der Waals surface area (Å²) < 4.78 is 5.50. The molecule has 2 rings (SSSR count). The van der Waals surface area contributed by atoms with Gasteiger partial charge in [0.15, 0.2) is 0 Å². The molecule has 0 atom stereocenters. The van der Waals surface area contributed by atoms with Crippen LogP contribution in [0.1, 0.15) is 25.7 Å². The molecule has 0 aromatic rings. The maximum atomic E-state index is 5.50. The van der Waals surface area contributed by atoms with E-state index in [-0.39, 0.29) is 12.4 Å². The molecule has 1 saturated carbocycles. The fourth-order valence-corrected chi connectivity index (χ4v) is 2.56. The zero-order valence-electron chi connectivity index (χ0n) is 8.42. The first-order valence-corrected chi connectivity index (χ1v) is 5.10. The summed E-state index contributed by atoms with van der Waals surface area (Å²) in [6.45, 7) is 2.85. The Bertz CT molecular complexity index is 210. The van der Waals surface area contributed by atoms with Gasteiger partial charge in [-0.3, -0.25) is 0 Å². The molecule has 0 aromatic carbocycles. The standard InChI is InChI=1S/C11H17NO.ClH/c1-2-7-13-10-8-11(9-10)3-5-12-6-4-11;/h1,10,12H,3-9H2;1H. The Morgan fingerprint density at radius 2 is 2.00 bits per heavy atom. The highest BCUT2D eigenvalue weighted by molar-refractivity contribution is 5.85. The first-order chi connectivity index (χ1) is 6.35. The van der Waals surface area contributed by atoms with Crippen LogP contribution in [0.4, 0.5) is 0 Å². The third-order valence-electron chi connectivity index (χ3n) is 3.39. The summed E-state index contributed by atoms with van der Waals surface area (Å²) in [6, 6.07) is 0. The Morgan fingerprint density at radius 3 is 2.57 bits per heavy atom. The van der Waals surface area contributed by atoms with Crippen LogP contribution in [0.15, 0.2) is 0 Å². The lowest BCUT2D eigenvalue weighted by Gasteiger charge is -2.49. The van der Waals surface area contributed by atoms with Gasteiger partial charge in [0.1, 0.15) is 6.61 Å². The molecule has 1 heterocycles. The number of hydrogen-bond acceptors (Lipinski definition) is 2. The molecule has 14 heavy (non-hydrogen) atoms. The van der Waals surface area contributed by atoms with E-state index >= 15 is 0 Å². The second-order valence-corrected chi connectivity index (χ2v) is 4.30. The Balaban J connectivity index is 0.000000980. The van der Waals surface area contributed by atoms with Crippen molar-refractivity contribution in [1.29, 1.82) is 0 Å². The summed E-state index contributed by atoms with van der Waals surface area (Å²) in [7, 11) is 0. The van der Waals surface area contributed by atoms with E-state index in [0.717, 1.165) is 0 Å². The van der Waals surface area contributed by atoms with Gasteiger partial charge in [-0.15, -0.1) is 18.8 Å². The van der Waals surface area contributed by atoms with Crippen molar-refractivity contribution in [3.05, 3.63) is 0 Å². The van der Waals surface area contributed by atoms with E-state index in [2.05, 4.69) is 11.2 Å². The van der Waals surface area contributed by atoms with Gasteiger partial charge in [0.25, 0.3) is 0 Å². The number of nitrogens with one attached hydrogen (secondary N) is 1. The molecule has 0 unspecified atom stereocenters. The van der Waals surface area contributed by atoms with Crippen molar-refractivity contribution in [3.8, 4) is 12.3 Å². The summed E-state index contributed by atoms with van der Waals surface area (Å²) in [5.74, 6) is 2.52. The van der Waals surface area contributed by atoms with Crippen LogP contribution in [0.25, 0.3) is 0 Å². The molecule has 0 bridgehead atoms. The number of ether oxygens (including phenoxy) is 1. The van der Waals surface area contributed by atoms with E-state index in [1.807, 2.05) is 0 Å². The van der Waals surface area contributed by atoms with Gasteiger partial charge in [0, 0.05) is 0 Å². The van der Waals surface area contributed by atoms with Crippen molar-refractivity contribution in [3.63, 3.8) is 0 Å². The second-order valence-electron chi connectivity index (χ2n) is 4.30. The molecule has 2 fully saturated rings. The largest absolute Gasteiger partial charge is 0.366 e. The van der Waals surface area contributed by atoms with E-state index in [1.165, 1.54) is 38.8 Å². The molecule has 1 aliphatic heterocycles. The quantitative estimate of drug-likeness (QED) is 0.707. The molecule has 1 N–H and O–H groups in total. The molecule has 1 aliphatic carbocycles. The number of rotatable bonds is 2. The van der Waals surface area contributed by atoms with Crippen molar-refractivity contribution < 1.29 is 4.74 Å². The molecule has 1 saturated heterocycles. The molecular formula is C11H18ClNO. The van der Waals surface area contributed by atoms with Gasteiger partial charge < -0.3 is 10.1 Å². The highest BCUT2D eigenvalue weighted by Crippen LogP contribution is 2.48. The molecular weight excluding hydrogens is 198 g/mol. The normalized spacial score (nSPS) is 24.8. The van der Waals surface area contributed by atoms with Crippen LogP contribution in [0.2, 0.25) is 0 Å². The lowest BCUT2D eigenvalue weighted by Crippen LogP contribution is -2.48. The van der Waals surface area contributed by atoms with Crippen molar-refractivity contribution in [2.75, 3.05) is 19.7 Å². The summed E-state index contributed by atoms with van der Waals surface area (Å²) in [4.78, 5) is 0. The van der Waals surface area contributed by atoms with Crippen LogP contribution >= 0.6 is 12.4 Å². The summed E-state index contributed by atoms with van der Waals surface area (Å²) >= 11 is 0. The Labute approximate surface area is 92.2 Å². The summed E-state index contributed by atoms with van der Waals surface area (Å²) in [6.07, 6.45) is 10.7. The minimum atomic E-state index is 0. The smallest absolute Gasteiger partial charge is 0.107 e. The fraction of sp³-hybridized carbons (Fsp3) is 0.818. The SMILES string of the molecule is C#CCOC1CC2(CCNCC2)C1.Cl. The highest BCUT2D eigenvalue weighted by Gasteiger charge is 2.44. The van der Waals surface area contributed by atoms with E-state index in [0.29, 0.717) is 18.1 Å². The number of halogens is 1. The topological polar surface area (TPSA) is 21.3 Å². The lowest BCUT2D eigenvalue weighted by molar-refractivity contribution is -0.0833. The molecule has 2 nitrogen and oxygen atoms in total. The van der Waals surface area contributed by atoms with Crippen LogP contribution in [0.5, 0.6) is 0 Å². The van der Waals surface area contributed by atoms with Gasteiger partial charge in [0.2, 0.25) is 0 Å². The van der Waals surface area contributed by atoms with Crippen LogP contribution in [0.3, 0.4) is 0 Å². The van der Waals surface area contributed by atoms with Crippen molar-refractivity contribution in [2.24, 2.45) is 5.41 Å². The lowest BCUT2D eigenvalue weighted by atomic mass is 9.62. The maximum absolute atomic E-state index is 5.50. The summed E-state index contributed by atoms with van der Waals surface area (Å²) in [5, 5.41) is 3.39. The van der Waals surface area contributed by atoms with Gasteiger partial charge in [0.05, 0.1) is 6.10 Å². The first-order valence-electron chi connectivity index (χ1n) is 5.10. The average molecular weight is 216 g/mol. The van der Waals surface area contributed by atoms with E-state index < -0.39 is 0 Å². The zero-order chi connectivity index (χ0) is 9.15. The van der Waals surface area contributed by atoms with Crippen molar-refractivity contribution >= 4 is 12.4 Å². The predicted molar refractivity (Wildman–Crippen MR) is 59.6 cm³/mol. The minimum Gasteiger partial charge on any atom is -0.366 e. The number of hydrogen-bond donors (Lipinski definition) is 1. The third-order valence-corrected chi connectivity index (χ3v) is 3.39. The van der Waals surface area contributed by atoms with Crippen molar-refractivity contribution in [2.45, 2.75) is 31.8 Å². The van der Waals surface area contributed by atoms with Gasteiger partial charge in [-0.1, -0.05) is 5.92 Å². The van der Waals surface area contributed by atoms with E-state index in [1.54, 1.807) is 0 Å². The molecule has 3 heteroatoms. The monoisotopic (exact) mass is 215 g/mol. The average Bonchev–Trinajstić information content (AvgIpc) is 2.13. The Hall–Kier alpha value is -0.230. The Morgan fingerprint density at radius 1 is 1.36 bits per heavy atom. The van der Waals surface area contributed by atoms with Gasteiger partial charge >= 0.3 is 0 Å².